The number of thioether (sulfide) groups is 1. The summed E-state index contributed by atoms with van der Waals surface area (Å²) in [7, 11) is 0. The van der Waals surface area contributed by atoms with E-state index in [-0.39, 0.29) is 11.9 Å². The number of amides is 1. The highest BCUT2D eigenvalue weighted by molar-refractivity contribution is 7.99. The molecular formula is C16H21N5OS. The van der Waals surface area contributed by atoms with Crippen molar-refractivity contribution >= 4 is 17.7 Å². The lowest BCUT2D eigenvalue weighted by Gasteiger charge is -2.12. The van der Waals surface area contributed by atoms with Gasteiger partial charge in [-0.15, -0.1) is 10.2 Å². The summed E-state index contributed by atoms with van der Waals surface area (Å²) in [6.07, 6.45) is 2.43. The Morgan fingerprint density at radius 1 is 1.39 bits per heavy atom. The summed E-state index contributed by atoms with van der Waals surface area (Å²) in [6.45, 7) is 4.08. The van der Waals surface area contributed by atoms with E-state index in [1.807, 2.05) is 31.2 Å². The van der Waals surface area contributed by atoms with Gasteiger partial charge in [0.1, 0.15) is 0 Å². The van der Waals surface area contributed by atoms with E-state index >= 15 is 0 Å². The Kier molecular flexibility index (Phi) is 4.56. The number of carbonyl (C=O) groups is 1. The number of carbonyl (C=O) groups excluding carboxylic acids is 1. The number of nitrogens with one attached hydrogen (secondary N) is 1. The minimum Gasteiger partial charge on any atom is -0.353 e. The molecule has 1 aliphatic rings. The summed E-state index contributed by atoms with van der Waals surface area (Å²) < 4.78 is 1.44. The molecule has 1 saturated carbocycles. The van der Waals surface area contributed by atoms with Crippen molar-refractivity contribution < 1.29 is 4.79 Å². The molecule has 23 heavy (non-hydrogen) atoms. The van der Waals surface area contributed by atoms with Crippen molar-refractivity contribution in [1.82, 2.24) is 20.2 Å². The normalized spacial score (nSPS) is 15.4. The maximum Gasteiger partial charge on any atom is 0.230 e. The molecule has 6 nitrogen and oxygen atoms in total. The monoisotopic (exact) mass is 331 g/mol. The topological polar surface area (TPSA) is 85.8 Å². The van der Waals surface area contributed by atoms with Crippen molar-refractivity contribution in [3.8, 4) is 11.4 Å². The number of nitrogens with zero attached hydrogens (tertiary/aromatic N) is 3. The Hall–Kier alpha value is -2.02. The first kappa shape index (κ1) is 15.9. The maximum absolute atomic E-state index is 12.0. The Balaban J connectivity index is 1.60. The van der Waals surface area contributed by atoms with Gasteiger partial charge in [0, 0.05) is 11.6 Å². The van der Waals surface area contributed by atoms with Crippen LogP contribution in [0.15, 0.2) is 29.4 Å². The molecule has 3 rings (SSSR count). The Bertz CT molecular complexity index is 693. The molecule has 1 atom stereocenters. The molecule has 2 aromatic rings. The van der Waals surface area contributed by atoms with Gasteiger partial charge in [0.05, 0.1) is 5.75 Å². The van der Waals surface area contributed by atoms with Crippen LogP contribution in [0.2, 0.25) is 0 Å². The number of nitrogen functional groups attached to an aromatic ring is 1. The van der Waals surface area contributed by atoms with Crippen molar-refractivity contribution in [3.05, 3.63) is 29.8 Å². The fourth-order valence-electron chi connectivity index (χ4n) is 2.41. The lowest BCUT2D eigenvalue weighted by Crippen LogP contribution is -2.35. The van der Waals surface area contributed by atoms with Gasteiger partial charge in [0.25, 0.3) is 0 Å². The van der Waals surface area contributed by atoms with Crippen molar-refractivity contribution in [2.45, 2.75) is 37.9 Å². The first-order valence-corrected chi connectivity index (χ1v) is 8.73. The van der Waals surface area contributed by atoms with Gasteiger partial charge in [-0.2, -0.15) is 0 Å². The molecule has 1 heterocycles. The van der Waals surface area contributed by atoms with Gasteiger partial charge in [-0.25, -0.2) is 4.68 Å². The molecule has 1 aromatic heterocycles. The lowest BCUT2D eigenvalue weighted by atomic mass is 10.1. The van der Waals surface area contributed by atoms with E-state index in [9.17, 15) is 4.79 Å². The zero-order valence-electron chi connectivity index (χ0n) is 13.3. The third kappa shape index (κ3) is 3.85. The highest BCUT2D eigenvalue weighted by Gasteiger charge is 2.28. The second kappa shape index (κ2) is 6.62. The van der Waals surface area contributed by atoms with E-state index in [2.05, 4.69) is 22.4 Å². The molecule has 122 valence electrons. The van der Waals surface area contributed by atoms with Gasteiger partial charge >= 0.3 is 0 Å². The predicted molar refractivity (Wildman–Crippen MR) is 91.4 cm³/mol. The number of hydrogen-bond acceptors (Lipinski definition) is 5. The van der Waals surface area contributed by atoms with Crippen LogP contribution in [0.3, 0.4) is 0 Å². The smallest absolute Gasteiger partial charge is 0.230 e. The van der Waals surface area contributed by atoms with Gasteiger partial charge in [-0.1, -0.05) is 41.6 Å². The SMILES string of the molecule is Cc1ccc(-c2nnc(SCC(=O)N[C@H](C)C3CC3)n2N)cc1. The third-order valence-electron chi connectivity index (χ3n) is 4.02. The van der Waals surface area contributed by atoms with Crippen LogP contribution in [-0.4, -0.2) is 32.6 Å². The zero-order chi connectivity index (χ0) is 16.4. The van der Waals surface area contributed by atoms with Crippen LogP contribution < -0.4 is 11.2 Å². The average molecular weight is 331 g/mol. The van der Waals surface area contributed by atoms with Crippen LogP contribution >= 0.6 is 11.8 Å². The van der Waals surface area contributed by atoms with E-state index in [4.69, 9.17) is 5.84 Å². The molecule has 7 heteroatoms. The summed E-state index contributed by atoms with van der Waals surface area (Å²) in [5.74, 6) is 7.60. The van der Waals surface area contributed by atoms with E-state index < -0.39 is 0 Å². The van der Waals surface area contributed by atoms with Gasteiger partial charge < -0.3 is 11.2 Å². The summed E-state index contributed by atoms with van der Waals surface area (Å²) >= 11 is 1.30. The second-order valence-electron chi connectivity index (χ2n) is 6.02. The molecule has 1 aromatic carbocycles. The van der Waals surface area contributed by atoms with Crippen molar-refractivity contribution in [2.75, 3.05) is 11.6 Å². The number of rotatable bonds is 6. The molecule has 1 amide bonds. The molecule has 1 fully saturated rings. The van der Waals surface area contributed by atoms with E-state index in [0.29, 0.717) is 22.7 Å². The fourth-order valence-corrected chi connectivity index (χ4v) is 3.08. The minimum absolute atomic E-state index is 0.00860. The average Bonchev–Trinajstić information content (AvgIpc) is 3.31. The highest BCUT2D eigenvalue weighted by atomic mass is 32.2. The highest BCUT2D eigenvalue weighted by Crippen LogP contribution is 2.32. The van der Waals surface area contributed by atoms with Gasteiger partial charge in [-0.3, -0.25) is 4.79 Å². The molecule has 3 N–H and O–H groups in total. The van der Waals surface area contributed by atoms with Crippen molar-refractivity contribution in [3.63, 3.8) is 0 Å². The zero-order valence-corrected chi connectivity index (χ0v) is 14.1. The molecule has 0 spiro atoms. The van der Waals surface area contributed by atoms with Crippen molar-refractivity contribution in [2.24, 2.45) is 5.92 Å². The van der Waals surface area contributed by atoms with Crippen LogP contribution in [-0.2, 0) is 4.79 Å². The van der Waals surface area contributed by atoms with Crippen LogP contribution in [0, 0.1) is 12.8 Å². The second-order valence-corrected chi connectivity index (χ2v) is 6.97. The summed E-state index contributed by atoms with van der Waals surface area (Å²) in [5, 5.41) is 11.8. The van der Waals surface area contributed by atoms with Crippen molar-refractivity contribution in [1.29, 1.82) is 0 Å². The number of aromatic nitrogens is 3. The summed E-state index contributed by atoms with van der Waals surface area (Å²) in [6, 6.07) is 8.18. The molecule has 0 saturated heterocycles. The summed E-state index contributed by atoms with van der Waals surface area (Å²) in [5.41, 5.74) is 2.08. The molecule has 0 aliphatic heterocycles. The molecular weight excluding hydrogens is 310 g/mol. The Labute approximate surface area is 139 Å². The standard InChI is InChI=1S/C16H21N5OS/c1-10-3-5-13(6-4-10)15-19-20-16(21(15)17)23-9-14(22)18-11(2)12-7-8-12/h3-6,11-12H,7-9,17H2,1-2H3,(H,18,22)/t11-/m1/s1. The number of nitrogens with two attached hydrogens (primary N) is 1. The fraction of sp³-hybridized carbons (Fsp3) is 0.438. The first-order chi connectivity index (χ1) is 11.0. The first-order valence-electron chi connectivity index (χ1n) is 7.74. The van der Waals surface area contributed by atoms with E-state index in [1.54, 1.807) is 0 Å². The molecule has 0 unspecified atom stereocenters. The molecule has 1 aliphatic carbocycles. The Morgan fingerprint density at radius 2 is 2.09 bits per heavy atom. The predicted octanol–water partition coefficient (Wildman–Crippen LogP) is 1.97. The van der Waals surface area contributed by atoms with Gasteiger partial charge in [-0.05, 0) is 32.6 Å². The summed E-state index contributed by atoms with van der Waals surface area (Å²) in [4.78, 5) is 12.0. The van der Waals surface area contributed by atoms with Crippen LogP contribution in [0.1, 0.15) is 25.3 Å². The molecule has 0 radical (unpaired) electrons. The van der Waals surface area contributed by atoms with E-state index in [0.717, 1.165) is 5.56 Å². The number of aryl methyl sites for hydroxylation is 1. The lowest BCUT2D eigenvalue weighted by molar-refractivity contribution is -0.119. The largest absolute Gasteiger partial charge is 0.353 e. The number of hydrogen-bond donors (Lipinski definition) is 2. The molecule has 0 bridgehead atoms. The Morgan fingerprint density at radius 3 is 2.74 bits per heavy atom. The third-order valence-corrected chi connectivity index (χ3v) is 4.97. The maximum atomic E-state index is 12.0. The number of benzene rings is 1. The van der Waals surface area contributed by atoms with Gasteiger partial charge in [0.15, 0.2) is 5.82 Å². The minimum atomic E-state index is 0.00860. The quantitative estimate of drug-likeness (QED) is 0.624. The van der Waals surface area contributed by atoms with Gasteiger partial charge in [0.2, 0.25) is 11.1 Å². The van der Waals surface area contributed by atoms with E-state index in [1.165, 1.54) is 34.8 Å². The van der Waals surface area contributed by atoms with Crippen LogP contribution in [0.25, 0.3) is 11.4 Å². The van der Waals surface area contributed by atoms with Crippen LogP contribution in [0.5, 0.6) is 0 Å². The van der Waals surface area contributed by atoms with Crippen LogP contribution in [0.4, 0.5) is 0 Å².